The van der Waals surface area contributed by atoms with Crippen LogP contribution in [0.15, 0.2) is 18.3 Å². The van der Waals surface area contributed by atoms with Crippen molar-refractivity contribution in [2.45, 2.75) is 6.92 Å². The Kier molecular flexibility index (Phi) is 1.89. The number of nitrogens with zero attached hydrogens (tertiary/aromatic N) is 1. The standard InChI is InChI=1S/C8H9NO2/c1-6-3-4-7(8(10)11)5-9(6)2/h3-5H,1-2H3/p+1. The van der Waals surface area contributed by atoms with Gasteiger partial charge in [-0.25, -0.2) is 9.36 Å². The molecule has 1 aromatic heterocycles. The second-order valence-electron chi connectivity index (χ2n) is 2.48. The average Bonchev–Trinajstić information content (AvgIpc) is 1.94. The molecule has 0 amide bonds. The van der Waals surface area contributed by atoms with E-state index in [1.54, 1.807) is 22.9 Å². The van der Waals surface area contributed by atoms with Crippen LogP contribution in [0.25, 0.3) is 0 Å². The van der Waals surface area contributed by atoms with Gasteiger partial charge >= 0.3 is 5.97 Å². The number of hydrogen-bond donors (Lipinski definition) is 1. The monoisotopic (exact) mass is 152 g/mol. The molecule has 0 saturated carbocycles. The largest absolute Gasteiger partial charge is 0.477 e. The molecule has 1 rings (SSSR count). The highest BCUT2D eigenvalue weighted by Crippen LogP contribution is 1.95. The van der Waals surface area contributed by atoms with Crippen LogP contribution in [0.1, 0.15) is 16.1 Å². The Morgan fingerprint density at radius 1 is 1.55 bits per heavy atom. The van der Waals surface area contributed by atoms with Crippen molar-refractivity contribution < 1.29 is 14.5 Å². The van der Waals surface area contributed by atoms with Crippen molar-refractivity contribution in [3.8, 4) is 0 Å². The summed E-state index contributed by atoms with van der Waals surface area (Å²) < 4.78 is 1.78. The molecule has 0 aromatic carbocycles. The first-order chi connectivity index (χ1) is 5.11. The summed E-state index contributed by atoms with van der Waals surface area (Å²) in [6, 6.07) is 3.38. The number of aromatic carboxylic acids is 1. The molecule has 1 heterocycles. The van der Waals surface area contributed by atoms with Crippen molar-refractivity contribution in [1.29, 1.82) is 0 Å². The Morgan fingerprint density at radius 3 is 2.64 bits per heavy atom. The molecule has 0 fully saturated rings. The fraction of sp³-hybridized carbons (Fsp3) is 0.250. The Morgan fingerprint density at radius 2 is 2.18 bits per heavy atom. The third kappa shape index (κ3) is 1.55. The molecular weight excluding hydrogens is 142 g/mol. The van der Waals surface area contributed by atoms with Gasteiger partial charge < -0.3 is 5.11 Å². The van der Waals surface area contributed by atoms with Crippen LogP contribution in [0.4, 0.5) is 0 Å². The Labute approximate surface area is 64.9 Å². The first kappa shape index (κ1) is 7.72. The fourth-order valence-corrected chi connectivity index (χ4v) is 0.808. The molecule has 1 N–H and O–H groups in total. The molecule has 3 heteroatoms. The zero-order valence-electron chi connectivity index (χ0n) is 6.53. The van der Waals surface area contributed by atoms with Crippen molar-refractivity contribution in [1.82, 2.24) is 0 Å². The highest BCUT2D eigenvalue weighted by Gasteiger charge is 2.07. The molecule has 0 radical (unpaired) electrons. The van der Waals surface area contributed by atoms with Crippen molar-refractivity contribution in [3.63, 3.8) is 0 Å². The molecule has 0 aliphatic rings. The molecule has 0 unspecified atom stereocenters. The van der Waals surface area contributed by atoms with E-state index in [2.05, 4.69) is 0 Å². The van der Waals surface area contributed by atoms with E-state index in [9.17, 15) is 4.79 Å². The molecule has 3 nitrogen and oxygen atoms in total. The summed E-state index contributed by atoms with van der Waals surface area (Å²) in [6.07, 6.45) is 1.59. The normalized spacial score (nSPS) is 9.64. The first-order valence-electron chi connectivity index (χ1n) is 3.31. The zero-order valence-corrected chi connectivity index (χ0v) is 6.53. The van der Waals surface area contributed by atoms with E-state index in [1.165, 1.54) is 0 Å². The molecule has 0 aliphatic carbocycles. The maximum atomic E-state index is 10.5. The summed E-state index contributed by atoms with van der Waals surface area (Å²) in [6.45, 7) is 1.92. The summed E-state index contributed by atoms with van der Waals surface area (Å²) >= 11 is 0. The van der Waals surface area contributed by atoms with E-state index in [-0.39, 0.29) is 0 Å². The topological polar surface area (TPSA) is 41.2 Å². The third-order valence-corrected chi connectivity index (χ3v) is 1.64. The van der Waals surface area contributed by atoms with Gasteiger partial charge in [-0.05, 0) is 6.07 Å². The second-order valence-corrected chi connectivity index (χ2v) is 2.48. The van der Waals surface area contributed by atoms with Gasteiger partial charge in [-0.2, -0.15) is 0 Å². The quantitative estimate of drug-likeness (QED) is 0.596. The van der Waals surface area contributed by atoms with E-state index < -0.39 is 5.97 Å². The minimum atomic E-state index is -0.888. The van der Waals surface area contributed by atoms with Gasteiger partial charge in [0, 0.05) is 13.0 Å². The van der Waals surface area contributed by atoms with Crippen LogP contribution in [0.2, 0.25) is 0 Å². The maximum absolute atomic E-state index is 10.5. The predicted molar refractivity (Wildman–Crippen MR) is 39.3 cm³/mol. The van der Waals surface area contributed by atoms with Gasteiger partial charge in [-0.1, -0.05) is 0 Å². The van der Waals surface area contributed by atoms with Crippen LogP contribution in [0, 0.1) is 6.92 Å². The molecule has 0 spiro atoms. The molecule has 11 heavy (non-hydrogen) atoms. The summed E-state index contributed by atoms with van der Waals surface area (Å²) in [4.78, 5) is 10.5. The lowest BCUT2D eigenvalue weighted by Gasteiger charge is -1.93. The highest BCUT2D eigenvalue weighted by molar-refractivity contribution is 5.86. The lowest BCUT2D eigenvalue weighted by atomic mass is 10.2. The lowest BCUT2D eigenvalue weighted by Crippen LogP contribution is -2.32. The van der Waals surface area contributed by atoms with Crippen molar-refractivity contribution in [2.24, 2.45) is 7.05 Å². The van der Waals surface area contributed by atoms with E-state index in [4.69, 9.17) is 5.11 Å². The summed E-state index contributed by atoms with van der Waals surface area (Å²) in [5.74, 6) is -0.888. The Hall–Kier alpha value is -1.38. The zero-order chi connectivity index (χ0) is 8.43. The van der Waals surface area contributed by atoms with E-state index in [1.807, 2.05) is 14.0 Å². The molecule has 58 valence electrons. The smallest absolute Gasteiger partial charge is 0.341 e. The van der Waals surface area contributed by atoms with Gasteiger partial charge in [0.05, 0.1) is 0 Å². The minimum absolute atomic E-state index is 0.318. The number of carboxylic acid groups (broad SMARTS) is 1. The van der Waals surface area contributed by atoms with Crippen LogP contribution in [-0.4, -0.2) is 11.1 Å². The Balaban J connectivity index is 3.15. The number of pyridine rings is 1. The van der Waals surface area contributed by atoms with Crippen molar-refractivity contribution >= 4 is 5.97 Å². The molecule has 0 aliphatic heterocycles. The van der Waals surface area contributed by atoms with Gasteiger partial charge in [-0.15, -0.1) is 0 Å². The van der Waals surface area contributed by atoms with Crippen LogP contribution < -0.4 is 4.57 Å². The third-order valence-electron chi connectivity index (χ3n) is 1.64. The van der Waals surface area contributed by atoms with Crippen molar-refractivity contribution in [3.05, 3.63) is 29.6 Å². The number of hydrogen-bond acceptors (Lipinski definition) is 1. The SMILES string of the molecule is Cc1ccc(C(=O)O)c[n+]1C. The molecule has 0 saturated heterocycles. The fourth-order valence-electron chi connectivity index (χ4n) is 0.808. The summed E-state index contributed by atoms with van der Waals surface area (Å²) in [5, 5.41) is 8.59. The van der Waals surface area contributed by atoms with Crippen molar-refractivity contribution in [2.75, 3.05) is 0 Å². The van der Waals surface area contributed by atoms with E-state index in [0.29, 0.717) is 5.56 Å². The number of rotatable bonds is 1. The van der Waals surface area contributed by atoms with Gasteiger partial charge in [0.1, 0.15) is 12.6 Å². The van der Waals surface area contributed by atoms with Gasteiger partial charge in [0.25, 0.3) is 0 Å². The second kappa shape index (κ2) is 2.70. The van der Waals surface area contributed by atoms with Crippen LogP contribution in [0.3, 0.4) is 0 Å². The molecule has 0 bridgehead atoms. The number of aromatic nitrogens is 1. The number of carboxylic acids is 1. The van der Waals surface area contributed by atoms with E-state index >= 15 is 0 Å². The molecule has 1 aromatic rings. The predicted octanol–water partition coefficient (Wildman–Crippen LogP) is 0.518. The van der Waals surface area contributed by atoms with Crippen LogP contribution in [-0.2, 0) is 7.05 Å². The number of aryl methyl sites for hydroxylation is 2. The van der Waals surface area contributed by atoms with Gasteiger partial charge in [0.15, 0.2) is 11.9 Å². The van der Waals surface area contributed by atoms with E-state index in [0.717, 1.165) is 5.69 Å². The average molecular weight is 152 g/mol. The summed E-state index contributed by atoms with van der Waals surface area (Å²) in [5.41, 5.74) is 1.35. The van der Waals surface area contributed by atoms with Gasteiger partial charge in [0.2, 0.25) is 0 Å². The first-order valence-corrected chi connectivity index (χ1v) is 3.31. The van der Waals surface area contributed by atoms with Crippen LogP contribution >= 0.6 is 0 Å². The van der Waals surface area contributed by atoms with Crippen LogP contribution in [0.5, 0.6) is 0 Å². The van der Waals surface area contributed by atoms with Gasteiger partial charge in [-0.3, -0.25) is 0 Å². The Bertz CT molecular complexity index is 294. The summed E-state index contributed by atoms with van der Waals surface area (Å²) in [7, 11) is 1.82. The molecular formula is C8H10NO2+. The maximum Gasteiger partial charge on any atom is 0.341 e. The lowest BCUT2D eigenvalue weighted by molar-refractivity contribution is -0.677. The molecule has 0 atom stereocenters. The highest BCUT2D eigenvalue weighted by atomic mass is 16.4. The minimum Gasteiger partial charge on any atom is -0.477 e. The number of carbonyl (C=O) groups is 1.